The van der Waals surface area contributed by atoms with Crippen LogP contribution >= 0.6 is 0 Å². The van der Waals surface area contributed by atoms with Gasteiger partial charge in [0.05, 0.1) is 7.11 Å². The van der Waals surface area contributed by atoms with Crippen LogP contribution in [0.15, 0.2) is 18.3 Å². The topological polar surface area (TPSA) is 67.3 Å². The number of ether oxygens (including phenoxy) is 1. The van der Waals surface area contributed by atoms with Gasteiger partial charge in [-0.25, -0.2) is 15.0 Å². The van der Waals surface area contributed by atoms with E-state index in [1.807, 2.05) is 0 Å². The molecule has 1 aliphatic heterocycles. The lowest BCUT2D eigenvalue weighted by Crippen LogP contribution is -2.47. The molecule has 0 aromatic carbocycles. The van der Waals surface area contributed by atoms with Gasteiger partial charge in [0.15, 0.2) is 0 Å². The second kappa shape index (κ2) is 6.82. The fraction of sp³-hybridized carbons (Fsp3) is 0.556. The molecule has 25 heavy (non-hydrogen) atoms. The smallest absolute Gasteiger partial charge is 0.228 e. The molecule has 1 saturated heterocycles. The van der Waals surface area contributed by atoms with Gasteiger partial charge in [0.2, 0.25) is 11.8 Å². The SMILES string of the molecule is CCc1cc(N2CCN(c3nccc(OC)n3)CC2)nc(C2CC2)n1. The van der Waals surface area contributed by atoms with Gasteiger partial charge in [0.1, 0.15) is 11.6 Å². The molecule has 0 spiro atoms. The fourth-order valence-electron chi connectivity index (χ4n) is 3.10. The summed E-state index contributed by atoms with van der Waals surface area (Å²) in [6.45, 7) is 5.71. The third kappa shape index (κ3) is 3.50. The van der Waals surface area contributed by atoms with Gasteiger partial charge in [-0.1, -0.05) is 6.92 Å². The Morgan fingerprint density at radius 3 is 2.52 bits per heavy atom. The van der Waals surface area contributed by atoms with Crippen LogP contribution in [0.2, 0.25) is 0 Å². The van der Waals surface area contributed by atoms with Crippen molar-refractivity contribution < 1.29 is 4.74 Å². The highest BCUT2D eigenvalue weighted by Gasteiger charge is 2.28. The van der Waals surface area contributed by atoms with Crippen molar-refractivity contribution in [3.8, 4) is 5.88 Å². The molecule has 132 valence electrons. The van der Waals surface area contributed by atoms with Crippen molar-refractivity contribution in [1.82, 2.24) is 19.9 Å². The Balaban J connectivity index is 1.47. The van der Waals surface area contributed by atoms with E-state index in [0.29, 0.717) is 11.8 Å². The maximum atomic E-state index is 5.20. The van der Waals surface area contributed by atoms with Crippen LogP contribution in [0.1, 0.15) is 37.2 Å². The highest BCUT2D eigenvalue weighted by Crippen LogP contribution is 2.38. The molecule has 0 amide bonds. The lowest BCUT2D eigenvalue weighted by molar-refractivity contribution is 0.396. The average Bonchev–Trinajstić information content (AvgIpc) is 3.53. The first-order chi connectivity index (χ1) is 12.3. The van der Waals surface area contributed by atoms with Crippen LogP contribution in [0.3, 0.4) is 0 Å². The van der Waals surface area contributed by atoms with Crippen molar-refractivity contribution in [3.05, 3.63) is 29.8 Å². The molecule has 7 heteroatoms. The third-order valence-electron chi connectivity index (χ3n) is 4.80. The number of aryl methyl sites for hydroxylation is 1. The summed E-state index contributed by atoms with van der Waals surface area (Å²) in [5, 5.41) is 0. The van der Waals surface area contributed by atoms with Crippen LogP contribution in [0, 0.1) is 0 Å². The molecule has 0 N–H and O–H groups in total. The van der Waals surface area contributed by atoms with Crippen LogP contribution in [0.5, 0.6) is 5.88 Å². The summed E-state index contributed by atoms with van der Waals surface area (Å²) in [4.78, 5) is 22.9. The molecule has 4 rings (SSSR count). The summed E-state index contributed by atoms with van der Waals surface area (Å²) in [6.07, 6.45) is 5.15. The second-order valence-corrected chi connectivity index (χ2v) is 6.58. The van der Waals surface area contributed by atoms with Gasteiger partial charge in [0.25, 0.3) is 0 Å². The van der Waals surface area contributed by atoms with E-state index >= 15 is 0 Å². The molecule has 0 bridgehead atoms. The lowest BCUT2D eigenvalue weighted by atomic mass is 10.2. The van der Waals surface area contributed by atoms with Crippen molar-refractivity contribution in [2.24, 2.45) is 0 Å². The summed E-state index contributed by atoms with van der Waals surface area (Å²) in [7, 11) is 1.63. The first-order valence-electron chi connectivity index (χ1n) is 9.01. The number of hydrogen-bond donors (Lipinski definition) is 0. The van der Waals surface area contributed by atoms with E-state index in [9.17, 15) is 0 Å². The lowest BCUT2D eigenvalue weighted by Gasteiger charge is -2.35. The Morgan fingerprint density at radius 2 is 1.84 bits per heavy atom. The zero-order valence-corrected chi connectivity index (χ0v) is 14.9. The van der Waals surface area contributed by atoms with Crippen molar-refractivity contribution in [3.63, 3.8) is 0 Å². The van der Waals surface area contributed by atoms with Crippen LogP contribution in [-0.2, 0) is 6.42 Å². The minimum absolute atomic E-state index is 0.580. The Morgan fingerprint density at radius 1 is 1.08 bits per heavy atom. The van der Waals surface area contributed by atoms with Gasteiger partial charge in [-0.05, 0) is 19.3 Å². The molecule has 2 aromatic rings. The molecule has 0 unspecified atom stereocenters. The van der Waals surface area contributed by atoms with Gasteiger partial charge in [-0.15, -0.1) is 0 Å². The zero-order valence-electron chi connectivity index (χ0n) is 14.9. The number of piperazine rings is 1. The van der Waals surface area contributed by atoms with E-state index in [2.05, 4.69) is 32.8 Å². The number of aromatic nitrogens is 4. The quantitative estimate of drug-likeness (QED) is 0.825. The molecule has 0 atom stereocenters. The van der Waals surface area contributed by atoms with Gasteiger partial charge in [0, 0.05) is 56.1 Å². The van der Waals surface area contributed by atoms with E-state index in [0.717, 1.165) is 55.9 Å². The molecule has 0 radical (unpaired) electrons. The Labute approximate surface area is 148 Å². The normalized spacial score (nSPS) is 17.7. The van der Waals surface area contributed by atoms with Gasteiger partial charge < -0.3 is 14.5 Å². The van der Waals surface area contributed by atoms with Crippen LogP contribution in [0.4, 0.5) is 11.8 Å². The number of hydrogen-bond acceptors (Lipinski definition) is 7. The number of methoxy groups -OCH3 is 1. The van der Waals surface area contributed by atoms with Crippen molar-refractivity contribution >= 4 is 11.8 Å². The van der Waals surface area contributed by atoms with Crippen LogP contribution < -0.4 is 14.5 Å². The van der Waals surface area contributed by atoms with Crippen molar-refractivity contribution in [2.45, 2.75) is 32.1 Å². The summed E-state index contributed by atoms with van der Waals surface area (Å²) >= 11 is 0. The summed E-state index contributed by atoms with van der Waals surface area (Å²) in [6, 6.07) is 3.91. The molecule has 7 nitrogen and oxygen atoms in total. The van der Waals surface area contributed by atoms with Crippen molar-refractivity contribution in [2.75, 3.05) is 43.1 Å². The van der Waals surface area contributed by atoms with E-state index in [1.54, 1.807) is 19.4 Å². The molecule has 2 fully saturated rings. The zero-order chi connectivity index (χ0) is 17.2. The third-order valence-corrected chi connectivity index (χ3v) is 4.80. The molecule has 2 aliphatic rings. The highest BCUT2D eigenvalue weighted by molar-refractivity contribution is 5.44. The highest BCUT2D eigenvalue weighted by atomic mass is 16.5. The summed E-state index contributed by atoms with van der Waals surface area (Å²) in [5.74, 6) is 4.02. The molecule has 2 aromatic heterocycles. The second-order valence-electron chi connectivity index (χ2n) is 6.58. The number of rotatable bonds is 5. The molecular formula is C18H24N6O. The predicted molar refractivity (Wildman–Crippen MR) is 96.4 cm³/mol. The molecule has 1 aliphatic carbocycles. The number of anilines is 2. The van der Waals surface area contributed by atoms with Gasteiger partial charge in [-0.2, -0.15) is 4.98 Å². The fourth-order valence-corrected chi connectivity index (χ4v) is 3.10. The van der Waals surface area contributed by atoms with E-state index in [-0.39, 0.29) is 0 Å². The minimum Gasteiger partial charge on any atom is -0.481 e. The monoisotopic (exact) mass is 340 g/mol. The summed E-state index contributed by atoms with van der Waals surface area (Å²) < 4.78 is 5.20. The first-order valence-corrected chi connectivity index (χ1v) is 9.01. The van der Waals surface area contributed by atoms with Crippen LogP contribution in [-0.4, -0.2) is 53.2 Å². The van der Waals surface area contributed by atoms with E-state index in [1.165, 1.54) is 12.8 Å². The maximum absolute atomic E-state index is 5.20. The summed E-state index contributed by atoms with van der Waals surface area (Å²) in [5.41, 5.74) is 1.14. The molecule has 3 heterocycles. The van der Waals surface area contributed by atoms with Gasteiger partial charge >= 0.3 is 0 Å². The molecular weight excluding hydrogens is 316 g/mol. The maximum Gasteiger partial charge on any atom is 0.228 e. The Kier molecular flexibility index (Phi) is 4.38. The van der Waals surface area contributed by atoms with Crippen LogP contribution in [0.25, 0.3) is 0 Å². The van der Waals surface area contributed by atoms with Crippen molar-refractivity contribution in [1.29, 1.82) is 0 Å². The standard InChI is InChI=1S/C18H24N6O/c1-3-14-12-15(21-17(20-14)13-4-5-13)23-8-10-24(11-9-23)18-19-7-6-16(22-18)25-2/h6-7,12-13H,3-5,8-11H2,1-2H3. The van der Waals surface area contributed by atoms with E-state index < -0.39 is 0 Å². The Bertz CT molecular complexity index is 740. The largest absolute Gasteiger partial charge is 0.481 e. The van der Waals surface area contributed by atoms with Gasteiger partial charge in [-0.3, -0.25) is 0 Å². The average molecular weight is 340 g/mol. The first kappa shape index (κ1) is 16.1. The molecule has 1 saturated carbocycles. The van der Waals surface area contributed by atoms with E-state index in [4.69, 9.17) is 14.7 Å². The number of nitrogens with zero attached hydrogens (tertiary/aromatic N) is 6. The minimum atomic E-state index is 0.580. The Hall–Kier alpha value is -2.44. The predicted octanol–water partition coefficient (Wildman–Crippen LogP) is 2.04.